The Morgan fingerprint density at radius 2 is 2.17 bits per heavy atom. The van der Waals surface area contributed by atoms with Crippen LogP contribution < -0.4 is 16.8 Å². The van der Waals surface area contributed by atoms with Gasteiger partial charge < -0.3 is 21.5 Å². The Morgan fingerprint density at radius 3 is 2.94 bits per heavy atom. The average molecular weight is 247 g/mol. The molecule has 3 heterocycles. The van der Waals surface area contributed by atoms with Gasteiger partial charge in [0.05, 0.1) is 5.69 Å². The summed E-state index contributed by atoms with van der Waals surface area (Å²) in [4.78, 5) is 8.34. The van der Waals surface area contributed by atoms with E-state index in [2.05, 4.69) is 15.3 Å². The smallest absolute Gasteiger partial charge is 0.220 e. The normalized spacial score (nSPS) is 27.6. The third-order valence-electron chi connectivity index (χ3n) is 3.68. The standard InChI is InChI=1S/C12H17N5O/c13-11-15-7-8-1-4-16-12(14,10(8)17-11)9-2-5-18-6-3-9/h1,4,7,9,16H,2-3,5-6,14H2,(H2,13,15,17). The lowest BCUT2D eigenvalue weighted by Crippen LogP contribution is -2.57. The maximum absolute atomic E-state index is 6.55. The number of aromatic nitrogens is 2. The van der Waals surface area contributed by atoms with Crippen molar-refractivity contribution < 1.29 is 4.74 Å². The molecule has 1 fully saturated rings. The van der Waals surface area contributed by atoms with E-state index in [9.17, 15) is 0 Å². The quantitative estimate of drug-likeness (QED) is 0.654. The van der Waals surface area contributed by atoms with E-state index in [1.54, 1.807) is 6.20 Å². The minimum atomic E-state index is -0.676. The average Bonchev–Trinajstić information content (AvgIpc) is 2.41. The van der Waals surface area contributed by atoms with E-state index in [0.717, 1.165) is 37.3 Å². The van der Waals surface area contributed by atoms with Gasteiger partial charge in [-0.05, 0) is 25.1 Å². The number of nitrogen functional groups attached to an aromatic ring is 1. The predicted octanol–water partition coefficient (Wildman–Crippen LogP) is 0.171. The van der Waals surface area contributed by atoms with Crippen LogP contribution in [0.1, 0.15) is 24.1 Å². The fourth-order valence-corrected chi connectivity index (χ4v) is 2.66. The van der Waals surface area contributed by atoms with Gasteiger partial charge in [-0.3, -0.25) is 0 Å². The molecule has 0 aliphatic carbocycles. The van der Waals surface area contributed by atoms with Crippen molar-refractivity contribution in [2.75, 3.05) is 18.9 Å². The maximum Gasteiger partial charge on any atom is 0.220 e. The highest BCUT2D eigenvalue weighted by Gasteiger charge is 2.41. The van der Waals surface area contributed by atoms with Crippen LogP contribution in [-0.2, 0) is 10.4 Å². The van der Waals surface area contributed by atoms with Crippen molar-refractivity contribution in [1.82, 2.24) is 15.3 Å². The largest absolute Gasteiger partial charge is 0.381 e. The number of nitrogens with zero attached hydrogens (tertiary/aromatic N) is 2. The molecule has 96 valence electrons. The van der Waals surface area contributed by atoms with Gasteiger partial charge in [-0.15, -0.1) is 0 Å². The van der Waals surface area contributed by atoms with Crippen LogP contribution >= 0.6 is 0 Å². The first kappa shape index (κ1) is 11.4. The molecule has 0 saturated carbocycles. The second-order valence-corrected chi connectivity index (χ2v) is 4.77. The lowest BCUT2D eigenvalue weighted by atomic mass is 9.81. The van der Waals surface area contributed by atoms with Crippen molar-refractivity contribution in [2.24, 2.45) is 11.7 Å². The summed E-state index contributed by atoms with van der Waals surface area (Å²) in [5.41, 5.74) is 13.3. The van der Waals surface area contributed by atoms with Crippen LogP contribution in [0, 0.1) is 5.92 Å². The van der Waals surface area contributed by atoms with Crippen molar-refractivity contribution in [2.45, 2.75) is 18.5 Å². The highest BCUT2D eigenvalue weighted by molar-refractivity contribution is 5.56. The third-order valence-corrected chi connectivity index (χ3v) is 3.68. The molecule has 18 heavy (non-hydrogen) atoms. The molecule has 5 N–H and O–H groups in total. The SMILES string of the molecule is Nc1ncc2c(n1)C(N)(C1CCOCC1)NC=C2. The molecule has 0 aromatic carbocycles. The summed E-state index contributed by atoms with van der Waals surface area (Å²) in [5, 5.41) is 3.24. The number of fused-ring (bicyclic) bond motifs is 1. The van der Waals surface area contributed by atoms with Gasteiger partial charge in [0.15, 0.2) is 0 Å². The summed E-state index contributed by atoms with van der Waals surface area (Å²) in [6.45, 7) is 1.48. The summed E-state index contributed by atoms with van der Waals surface area (Å²) in [5.74, 6) is 0.539. The van der Waals surface area contributed by atoms with Gasteiger partial charge in [0, 0.05) is 30.9 Å². The maximum atomic E-state index is 6.55. The molecule has 0 spiro atoms. The van der Waals surface area contributed by atoms with Crippen LogP contribution in [0.5, 0.6) is 0 Å². The number of hydrogen-bond acceptors (Lipinski definition) is 6. The Labute approximate surface area is 105 Å². The molecule has 3 rings (SSSR count). The lowest BCUT2D eigenvalue weighted by molar-refractivity contribution is 0.0302. The van der Waals surface area contributed by atoms with Gasteiger partial charge in [-0.25, -0.2) is 9.97 Å². The Hall–Kier alpha value is -1.66. The van der Waals surface area contributed by atoms with E-state index in [0.29, 0.717) is 0 Å². The van der Waals surface area contributed by atoms with Gasteiger partial charge in [0.25, 0.3) is 0 Å². The van der Waals surface area contributed by atoms with Gasteiger partial charge in [0.2, 0.25) is 5.95 Å². The number of ether oxygens (including phenoxy) is 1. The summed E-state index contributed by atoms with van der Waals surface area (Å²) < 4.78 is 5.39. The van der Waals surface area contributed by atoms with E-state index in [-0.39, 0.29) is 11.9 Å². The zero-order valence-electron chi connectivity index (χ0n) is 10.1. The Bertz CT molecular complexity index is 483. The molecular weight excluding hydrogens is 230 g/mol. The van der Waals surface area contributed by atoms with Crippen molar-refractivity contribution in [3.8, 4) is 0 Å². The highest BCUT2D eigenvalue weighted by Crippen LogP contribution is 2.35. The molecule has 6 heteroatoms. The van der Waals surface area contributed by atoms with Crippen molar-refractivity contribution in [3.05, 3.63) is 23.7 Å². The van der Waals surface area contributed by atoms with Crippen molar-refractivity contribution in [3.63, 3.8) is 0 Å². The topological polar surface area (TPSA) is 99.1 Å². The molecular formula is C12H17N5O. The van der Waals surface area contributed by atoms with Crippen LogP contribution in [0.25, 0.3) is 6.08 Å². The van der Waals surface area contributed by atoms with E-state index < -0.39 is 5.66 Å². The number of hydrogen-bond donors (Lipinski definition) is 3. The van der Waals surface area contributed by atoms with Gasteiger partial charge in [-0.1, -0.05) is 0 Å². The van der Waals surface area contributed by atoms with Crippen LogP contribution in [0.2, 0.25) is 0 Å². The number of nitrogens with one attached hydrogen (secondary N) is 1. The number of rotatable bonds is 1. The molecule has 1 saturated heterocycles. The van der Waals surface area contributed by atoms with E-state index in [1.807, 2.05) is 12.3 Å². The summed E-state index contributed by atoms with van der Waals surface area (Å²) >= 11 is 0. The summed E-state index contributed by atoms with van der Waals surface area (Å²) in [6, 6.07) is 0. The van der Waals surface area contributed by atoms with E-state index in [1.165, 1.54) is 0 Å². The van der Waals surface area contributed by atoms with Crippen LogP contribution in [0.3, 0.4) is 0 Å². The monoisotopic (exact) mass is 247 g/mol. The molecule has 1 atom stereocenters. The van der Waals surface area contributed by atoms with Crippen LogP contribution in [-0.4, -0.2) is 23.2 Å². The van der Waals surface area contributed by atoms with E-state index in [4.69, 9.17) is 16.2 Å². The lowest BCUT2D eigenvalue weighted by Gasteiger charge is -2.41. The van der Waals surface area contributed by atoms with Crippen molar-refractivity contribution >= 4 is 12.0 Å². The molecule has 0 bridgehead atoms. The molecule has 1 aromatic rings. The Morgan fingerprint density at radius 1 is 1.39 bits per heavy atom. The molecule has 6 nitrogen and oxygen atoms in total. The van der Waals surface area contributed by atoms with Gasteiger partial charge in [-0.2, -0.15) is 0 Å². The zero-order chi connectivity index (χ0) is 12.6. The summed E-state index contributed by atoms with van der Waals surface area (Å²) in [7, 11) is 0. The molecule has 0 amide bonds. The third kappa shape index (κ3) is 1.74. The summed E-state index contributed by atoms with van der Waals surface area (Å²) in [6.07, 6.45) is 7.33. The van der Waals surface area contributed by atoms with Gasteiger partial charge >= 0.3 is 0 Å². The van der Waals surface area contributed by atoms with E-state index >= 15 is 0 Å². The number of anilines is 1. The predicted molar refractivity (Wildman–Crippen MR) is 68.0 cm³/mol. The van der Waals surface area contributed by atoms with Gasteiger partial charge in [0.1, 0.15) is 5.66 Å². The molecule has 2 aliphatic heterocycles. The highest BCUT2D eigenvalue weighted by atomic mass is 16.5. The fourth-order valence-electron chi connectivity index (χ4n) is 2.66. The Kier molecular flexibility index (Phi) is 2.68. The number of nitrogens with two attached hydrogens (primary N) is 2. The molecule has 1 unspecified atom stereocenters. The van der Waals surface area contributed by atoms with Crippen molar-refractivity contribution in [1.29, 1.82) is 0 Å². The molecule has 2 aliphatic rings. The zero-order valence-corrected chi connectivity index (χ0v) is 10.1. The Balaban J connectivity index is 2.02. The molecule has 1 aromatic heterocycles. The van der Waals surface area contributed by atoms with Crippen LogP contribution in [0.4, 0.5) is 5.95 Å². The van der Waals surface area contributed by atoms with Crippen LogP contribution in [0.15, 0.2) is 12.4 Å². The second-order valence-electron chi connectivity index (χ2n) is 4.77. The first-order valence-corrected chi connectivity index (χ1v) is 6.14. The first-order chi connectivity index (χ1) is 8.70. The second kappa shape index (κ2) is 4.22. The minimum absolute atomic E-state index is 0.257. The first-order valence-electron chi connectivity index (χ1n) is 6.14. The fraction of sp³-hybridized carbons (Fsp3) is 0.500. The minimum Gasteiger partial charge on any atom is -0.381 e. The molecule has 0 radical (unpaired) electrons.